The van der Waals surface area contributed by atoms with Gasteiger partial charge in [-0.1, -0.05) is 18.2 Å². The van der Waals surface area contributed by atoms with E-state index in [-0.39, 0.29) is 0 Å². The third-order valence-corrected chi connectivity index (χ3v) is 3.86. The lowest BCUT2D eigenvalue weighted by atomic mass is 9.85. The Kier molecular flexibility index (Phi) is 4.71. The van der Waals surface area contributed by atoms with Crippen LogP contribution in [0.2, 0.25) is 0 Å². The van der Waals surface area contributed by atoms with Crippen LogP contribution in [0.4, 0.5) is 4.79 Å². The van der Waals surface area contributed by atoms with Gasteiger partial charge < -0.3 is 20.2 Å². The molecule has 23 heavy (non-hydrogen) atoms. The molecule has 1 heterocycles. The van der Waals surface area contributed by atoms with Crippen molar-refractivity contribution in [1.29, 1.82) is 0 Å². The molecule has 0 aliphatic rings. The van der Waals surface area contributed by atoms with Crippen LogP contribution in [0.25, 0.3) is 11.0 Å². The van der Waals surface area contributed by atoms with Gasteiger partial charge in [0.05, 0.1) is 5.41 Å². The molecule has 0 radical (unpaired) electrons. The highest BCUT2D eigenvalue weighted by molar-refractivity contribution is 5.82. The van der Waals surface area contributed by atoms with E-state index in [2.05, 4.69) is 5.32 Å². The van der Waals surface area contributed by atoms with E-state index in [4.69, 9.17) is 14.9 Å². The molecule has 1 aromatic heterocycles. The lowest BCUT2D eigenvalue weighted by Crippen LogP contribution is -2.45. The molecule has 2 aromatic rings. The summed E-state index contributed by atoms with van der Waals surface area (Å²) in [5, 5.41) is 3.87. The van der Waals surface area contributed by atoms with E-state index < -0.39 is 17.1 Å². The molecule has 0 aliphatic heterocycles. The Labute approximate surface area is 137 Å². The van der Waals surface area contributed by atoms with Gasteiger partial charge in [0.1, 0.15) is 16.9 Å². The fourth-order valence-corrected chi connectivity index (χ4v) is 2.58. The van der Waals surface area contributed by atoms with Crippen LogP contribution in [0.1, 0.15) is 39.0 Å². The molecule has 126 valence electrons. The molecule has 3 N–H and O–H groups in total. The molecule has 2 rings (SSSR count). The standard InChI is InChI=1S/C18H26N2O3/c1-12-13-8-6-7-9-14(13)22-15(12)18(5,10-19)11-20-16(21)23-17(2,3)4/h6-9H,10-11,19H2,1-5H3,(H,20,21). The van der Waals surface area contributed by atoms with Crippen LogP contribution >= 0.6 is 0 Å². The number of aryl methyl sites for hydroxylation is 1. The van der Waals surface area contributed by atoms with Crippen molar-refractivity contribution >= 4 is 17.1 Å². The van der Waals surface area contributed by atoms with Gasteiger partial charge >= 0.3 is 6.09 Å². The number of hydrogen-bond donors (Lipinski definition) is 2. The van der Waals surface area contributed by atoms with Gasteiger partial charge in [0.15, 0.2) is 0 Å². The van der Waals surface area contributed by atoms with Crippen molar-refractivity contribution in [3.63, 3.8) is 0 Å². The van der Waals surface area contributed by atoms with Crippen LogP contribution in [0.3, 0.4) is 0 Å². The first kappa shape index (κ1) is 17.3. The smallest absolute Gasteiger partial charge is 0.407 e. The third kappa shape index (κ3) is 3.85. The second-order valence-corrected chi connectivity index (χ2v) is 7.17. The highest BCUT2D eigenvalue weighted by Gasteiger charge is 2.32. The van der Waals surface area contributed by atoms with E-state index in [1.54, 1.807) is 0 Å². The first-order valence-corrected chi connectivity index (χ1v) is 7.82. The van der Waals surface area contributed by atoms with Crippen molar-refractivity contribution in [1.82, 2.24) is 5.32 Å². The molecule has 1 unspecified atom stereocenters. The van der Waals surface area contributed by atoms with Crippen LogP contribution in [0.15, 0.2) is 28.7 Å². The van der Waals surface area contributed by atoms with Crippen LogP contribution in [0.5, 0.6) is 0 Å². The number of ether oxygens (including phenoxy) is 1. The number of nitrogens with one attached hydrogen (secondary N) is 1. The molecular formula is C18H26N2O3. The van der Waals surface area contributed by atoms with E-state index >= 15 is 0 Å². The van der Waals surface area contributed by atoms with Gasteiger partial charge in [-0.25, -0.2) is 4.79 Å². The van der Waals surface area contributed by atoms with Crippen molar-refractivity contribution in [3.05, 3.63) is 35.6 Å². The molecule has 1 aromatic carbocycles. The minimum absolute atomic E-state index is 0.346. The third-order valence-electron chi connectivity index (χ3n) is 3.86. The maximum absolute atomic E-state index is 11.9. The summed E-state index contributed by atoms with van der Waals surface area (Å²) >= 11 is 0. The molecular weight excluding hydrogens is 292 g/mol. The Morgan fingerprint density at radius 2 is 1.91 bits per heavy atom. The largest absolute Gasteiger partial charge is 0.460 e. The predicted molar refractivity (Wildman–Crippen MR) is 91.6 cm³/mol. The molecule has 0 spiro atoms. The number of para-hydroxylation sites is 1. The van der Waals surface area contributed by atoms with Gasteiger partial charge in [0.2, 0.25) is 0 Å². The van der Waals surface area contributed by atoms with Crippen molar-refractivity contribution in [2.75, 3.05) is 13.1 Å². The number of nitrogens with two attached hydrogens (primary N) is 1. The Balaban J connectivity index is 2.22. The van der Waals surface area contributed by atoms with Crippen molar-refractivity contribution < 1.29 is 13.9 Å². The van der Waals surface area contributed by atoms with Crippen LogP contribution in [0, 0.1) is 6.92 Å². The minimum Gasteiger partial charge on any atom is -0.460 e. The zero-order chi connectivity index (χ0) is 17.3. The van der Waals surface area contributed by atoms with Gasteiger partial charge in [-0.05, 0) is 46.2 Å². The second kappa shape index (κ2) is 6.24. The minimum atomic E-state index is -0.529. The summed E-state index contributed by atoms with van der Waals surface area (Å²) in [6.45, 7) is 10.2. The second-order valence-electron chi connectivity index (χ2n) is 7.17. The first-order chi connectivity index (χ1) is 10.7. The quantitative estimate of drug-likeness (QED) is 0.904. The summed E-state index contributed by atoms with van der Waals surface area (Å²) in [7, 11) is 0. The zero-order valence-corrected chi connectivity index (χ0v) is 14.5. The lowest BCUT2D eigenvalue weighted by molar-refractivity contribution is 0.0514. The number of hydrogen-bond acceptors (Lipinski definition) is 4. The Hall–Kier alpha value is -2.01. The lowest BCUT2D eigenvalue weighted by Gasteiger charge is -2.28. The fraction of sp³-hybridized carbons (Fsp3) is 0.500. The number of carbonyl (C=O) groups excluding carboxylic acids is 1. The van der Waals surface area contributed by atoms with E-state index in [0.717, 1.165) is 22.3 Å². The molecule has 0 fully saturated rings. The molecule has 1 amide bonds. The van der Waals surface area contributed by atoms with Crippen molar-refractivity contribution in [3.8, 4) is 0 Å². The average molecular weight is 318 g/mol. The van der Waals surface area contributed by atoms with E-state index in [1.165, 1.54) is 0 Å². The summed E-state index contributed by atoms with van der Waals surface area (Å²) in [5.74, 6) is 0.803. The monoisotopic (exact) mass is 318 g/mol. The van der Waals surface area contributed by atoms with E-state index in [9.17, 15) is 4.79 Å². The molecule has 0 saturated heterocycles. The summed E-state index contributed by atoms with van der Waals surface area (Å²) in [5.41, 5.74) is 6.85. The van der Waals surface area contributed by atoms with Gasteiger partial charge in [-0.2, -0.15) is 0 Å². The molecule has 5 nitrogen and oxygen atoms in total. The molecule has 0 aliphatic carbocycles. The Bertz CT molecular complexity index is 700. The summed E-state index contributed by atoms with van der Waals surface area (Å²) in [6.07, 6.45) is -0.453. The van der Waals surface area contributed by atoms with Gasteiger partial charge in [0.25, 0.3) is 0 Å². The maximum Gasteiger partial charge on any atom is 0.407 e. The fourth-order valence-electron chi connectivity index (χ4n) is 2.58. The van der Waals surface area contributed by atoms with Gasteiger partial charge in [-0.15, -0.1) is 0 Å². The zero-order valence-electron chi connectivity index (χ0n) is 14.5. The highest BCUT2D eigenvalue weighted by atomic mass is 16.6. The van der Waals surface area contributed by atoms with E-state index in [1.807, 2.05) is 58.9 Å². The predicted octanol–water partition coefficient (Wildman–Crippen LogP) is 3.48. The summed E-state index contributed by atoms with van der Waals surface area (Å²) < 4.78 is 11.3. The van der Waals surface area contributed by atoms with E-state index in [0.29, 0.717) is 13.1 Å². The number of amides is 1. The highest BCUT2D eigenvalue weighted by Crippen LogP contribution is 2.33. The normalized spacial score (nSPS) is 14.5. The van der Waals surface area contributed by atoms with Crippen molar-refractivity contribution in [2.24, 2.45) is 5.73 Å². The number of rotatable bonds is 4. The van der Waals surface area contributed by atoms with Crippen LogP contribution in [-0.4, -0.2) is 24.8 Å². The number of furan rings is 1. The first-order valence-electron chi connectivity index (χ1n) is 7.82. The number of carbonyl (C=O) groups is 1. The maximum atomic E-state index is 11.9. The SMILES string of the molecule is Cc1c(C(C)(CN)CNC(=O)OC(C)(C)C)oc2ccccc12. The Morgan fingerprint density at radius 1 is 1.26 bits per heavy atom. The van der Waals surface area contributed by atoms with Gasteiger partial charge in [-0.3, -0.25) is 0 Å². The summed E-state index contributed by atoms with van der Waals surface area (Å²) in [4.78, 5) is 11.9. The molecule has 0 bridgehead atoms. The van der Waals surface area contributed by atoms with Crippen LogP contribution < -0.4 is 11.1 Å². The number of alkyl carbamates (subject to hydrolysis) is 1. The summed E-state index contributed by atoms with van der Waals surface area (Å²) in [6, 6.07) is 7.88. The topological polar surface area (TPSA) is 77.5 Å². The number of fused-ring (bicyclic) bond motifs is 1. The van der Waals surface area contributed by atoms with Crippen molar-refractivity contribution in [2.45, 2.75) is 45.6 Å². The molecule has 1 atom stereocenters. The molecule has 0 saturated carbocycles. The molecule has 5 heteroatoms. The Morgan fingerprint density at radius 3 is 2.48 bits per heavy atom. The number of benzene rings is 1. The van der Waals surface area contributed by atoms with Gasteiger partial charge in [0, 0.05) is 18.5 Å². The van der Waals surface area contributed by atoms with Crippen LogP contribution in [-0.2, 0) is 10.2 Å². The average Bonchev–Trinajstić information content (AvgIpc) is 2.81.